The van der Waals surface area contributed by atoms with Crippen LogP contribution in [0, 0.1) is 11.8 Å². The Hall–Kier alpha value is -1.48. The molecule has 0 fully saturated rings. The average Bonchev–Trinajstić information content (AvgIpc) is 2.48. The third-order valence-electron chi connectivity index (χ3n) is 3.60. The van der Waals surface area contributed by atoms with Crippen molar-refractivity contribution in [2.45, 2.75) is 31.1 Å². The van der Waals surface area contributed by atoms with Crippen LogP contribution >= 0.6 is 0 Å². The minimum Gasteiger partial charge on any atom is -0.103 e. The summed E-state index contributed by atoms with van der Waals surface area (Å²) in [6.07, 6.45) is 9.13. The Morgan fingerprint density at radius 1 is 1.00 bits per heavy atom. The van der Waals surface area contributed by atoms with Gasteiger partial charge in [0.05, 0.1) is 0 Å². The molecule has 0 N–H and O–H groups in total. The fraction of sp³-hybridized carbons (Fsp3) is 0.333. The summed E-state index contributed by atoms with van der Waals surface area (Å²) in [5, 5.41) is 0. The highest BCUT2D eigenvalue weighted by Gasteiger charge is 2.33. The molecule has 1 aromatic carbocycles. The Labute approximate surface area is 91.0 Å². The molecule has 2 aliphatic carbocycles. The molecule has 2 aliphatic rings. The first-order valence-corrected chi connectivity index (χ1v) is 5.65. The molecule has 0 heteroatoms. The van der Waals surface area contributed by atoms with Crippen molar-refractivity contribution in [3.63, 3.8) is 0 Å². The molecule has 3 rings (SSSR count). The maximum absolute atomic E-state index is 3.25. The van der Waals surface area contributed by atoms with Gasteiger partial charge in [0.1, 0.15) is 0 Å². The fourth-order valence-corrected chi connectivity index (χ4v) is 2.74. The highest BCUT2D eigenvalue weighted by molar-refractivity contribution is 5.65. The zero-order valence-electron chi connectivity index (χ0n) is 8.79. The smallest absolute Gasteiger partial charge is 0.0159 e. The van der Waals surface area contributed by atoms with Gasteiger partial charge in [0.2, 0.25) is 0 Å². The van der Waals surface area contributed by atoms with Crippen LogP contribution in [0.15, 0.2) is 30.3 Å². The van der Waals surface area contributed by atoms with Gasteiger partial charge in [0.25, 0.3) is 0 Å². The van der Waals surface area contributed by atoms with Gasteiger partial charge in [-0.2, -0.15) is 0 Å². The predicted octanol–water partition coefficient (Wildman–Crippen LogP) is 3.53. The maximum Gasteiger partial charge on any atom is 0.0159 e. The van der Waals surface area contributed by atoms with Crippen molar-refractivity contribution >= 4 is 6.08 Å². The van der Waals surface area contributed by atoms with Crippen molar-refractivity contribution in [3.8, 4) is 11.8 Å². The lowest BCUT2D eigenvalue weighted by Gasteiger charge is -2.27. The maximum atomic E-state index is 3.25. The lowest BCUT2D eigenvalue weighted by molar-refractivity contribution is 0.480. The normalized spacial score (nSPS) is 20.5. The lowest BCUT2D eigenvalue weighted by Crippen LogP contribution is -2.20. The summed E-state index contributed by atoms with van der Waals surface area (Å²) in [6, 6.07) is 8.77. The molecular weight excluding hydrogens is 180 g/mol. The van der Waals surface area contributed by atoms with Gasteiger partial charge in [0, 0.05) is 18.3 Å². The highest BCUT2D eigenvalue weighted by Crippen LogP contribution is 2.43. The Morgan fingerprint density at radius 3 is 2.53 bits per heavy atom. The SMILES string of the molecule is C1#CCCC2(C=Cc3ccccc32)CC1. The van der Waals surface area contributed by atoms with Crippen LogP contribution in [-0.4, -0.2) is 0 Å². The molecular formula is C15H14. The Morgan fingerprint density at radius 2 is 1.73 bits per heavy atom. The fourth-order valence-electron chi connectivity index (χ4n) is 2.74. The van der Waals surface area contributed by atoms with Gasteiger partial charge >= 0.3 is 0 Å². The molecule has 74 valence electrons. The molecule has 0 bridgehead atoms. The van der Waals surface area contributed by atoms with Crippen LogP contribution in [0.5, 0.6) is 0 Å². The van der Waals surface area contributed by atoms with E-state index in [1.165, 1.54) is 24.0 Å². The van der Waals surface area contributed by atoms with E-state index in [4.69, 9.17) is 0 Å². The first kappa shape index (κ1) is 8.80. The van der Waals surface area contributed by atoms with E-state index in [0.717, 1.165) is 12.8 Å². The average molecular weight is 194 g/mol. The van der Waals surface area contributed by atoms with E-state index in [2.05, 4.69) is 48.3 Å². The number of fused-ring (bicyclic) bond motifs is 2. The number of allylic oxidation sites excluding steroid dienone is 1. The standard InChI is InChI=1S/C15H14/c1-2-6-11-15(10-5-1)12-9-13-7-3-4-8-14(13)15/h3-4,7-9,12H,5-6,10-11H2. The molecule has 0 aromatic heterocycles. The van der Waals surface area contributed by atoms with Crippen LogP contribution in [0.1, 0.15) is 36.8 Å². The van der Waals surface area contributed by atoms with Gasteiger partial charge < -0.3 is 0 Å². The van der Waals surface area contributed by atoms with E-state index in [-0.39, 0.29) is 5.41 Å². The second kappa shape index (κ2) is 3.28. The van der Waals surface area contributed by atoms with Crippen LogP contribution < -0.4 is 0 Å². The van der Waals surface area contributed by atoms with Crippen molar-refractivity contribution in [1.82, 2.24) is 0 Å². The van der Waals surface area contributed by atoms with Gasteiger partial charge in [-0.25, -0.2) is 0 Å². The first-order valence-electron chi connectivity index (χ1n) is 5.65. The van der Waals surface area contributed by atoms with E-state index >= 15 is 0 Å². The predicted molar refractivity (Wildman–Crippen MR) is 63.4 cm³/mol. The molecule has 0 amide bonds. The second-order valence-corrected chi connectivity index (χ2v) is 4.43. The molecule has 0 radical (unpaired) electrons. The van der Waals surface area contributed by atoms with Crippen molar-refractivity contribution in [2.24, 2.45) is 0 Å². The van der Waals surface area contributed by atoms with E-state index < -0.39 is 0 Å². The highest BCUT2D eigenvalue weighted by atomic mass is 14.4. The summed E-state index contributed by atoms with van der Waals surface area (Å²) in [5.41, 5.74) is 3.20. The molecule has 0 nitrogen and oxygen atoms in total. The Bertz CT molecular complexity index is 456. The van der Waals surface area contributed by atoms with E-state index in [1.54, 1.807) is 0 Å². The summed E-state index contributed by atoms with van der Waals surface area (Å²) < 4.78 is 0. The van der Waals surface area contributed by atoms with Crippen LogP contribution in [0.3, 0.4) is 0 Å². The molecule has 0 aliphatic heterocycles. The van der Waals surface area contributed by atoms with Gasteiger partial charge in [-0.05, 0) is 24.0 Å². The van der Waals surface area contributed by atoms with E-state index in [1.807, 2.05) is 0 Å². The lowest BCUT2D eigenvalue weighted by atomic mass is 9.76. The molecule has 0 saturated heterocycles. The quantitative estimate of drug-likeness (QED) is 0.554. The molecule has 0 unspecified atom stereocenters. The summed E-state index contributed by atoms with van der Waals surface area (Å²) in [7, 11) is 0. The zero-order valence-corrected chi connectivity index (χ0v) is 8.79. The number of rotatable bonds is 0. The van der Waals surface area contributed by atoms with E-state index in [0.29, 0.717) is 0 Å². The molecule has 15 heavy (non-hydrogen) atoms. The van der Waals surface area contributed by atoms with Crippen molar-refractivity contribution in [3.05, 3.63) is 41.5 Å². The Kier molecular flexibility index (Phi) is 1.92. The molecule has 1 spiro atoms. The minimum absolute atomic E-state index is 0.285. The van der Waals surface area contributed by atoms with E-state index in [9.17, 15) is 0 Å². The second-order valence-electron chi connectivity index (χ2n) is 4.43. The van der Waals surface area contributed by atoms with Gasteiger partial charge in [0.15, 0.2) is 0 Å². The molecule has 0 saturated carbocycles. The van der Waals surface area contributed by atoms with Crippen LogP contribution in [0.4, 0.5) is 0 Å². The molecule has 0 heterocycles. The summed E-state index contributed by atoms with van der Waals surface area (Å²) in [6.45, 7) is 0. The summed E-state index contributed by atoms with van der Waals surface area (Å²) >= 11 is 0. The minimum atomic E-state index is 0.285. The Balaban J connectivity index is 2.05. The van der Waals surface area contributed by atoms with Crippen molar-refractivity contribution in [1.29, 1.82) is 0 Å². The van der Waals surface area contributed by atoms with Gasteiger partial charge in [-0.15, -0.1) is 11.8 Å². The molecule has 0 atom stereocenters. The largest absolute Gasteiger partial charge is 0.103 e. The molecule has 1 aromatic rings. The van der Waals surface area contributed by atoms with Crippen molar-refractivity contribution in [2.75, 3.05) is 0 Å². The zero-order chi connectivity index (χ0) is 10.1. The third kappa shape index (κ3) is 1.31. The number of benzene rings is 1. The van der Waals surface area contributed by atoms with Crippen LogP contribution in [-0.2, 0) is 5.41 Å². The number of hydrogen-bond acceptors (Lipinski definition) is 0. The van der Waals surface area contributed by atoms with Crippen LogP contribution in [0.25, 0.3) is 6.08 Å². The summed E-state index contributed by atoms with van der Waals surface area (Å²) in [4.78, 5) is 0. The summed E-state index contributed by atoms with van der Waals surface area (Å²) in [5.74, 6) is 6.49. The van der Waals surface area contributed by atoms with Crippen molar-refractivity contribution < 1.29 is 0 Å². The van der Waals surface area contributed by atoms with Gasteiger partial charge in [-0.3, -0.25) is 0 Å². The third-order valence-corrected chi connectivity index (χ3v) is 3.60. The number of hydrogen-bond donors (Lipinski definition) is 0. The first-order chi connectivity index (χ1) is 7.41. The van der Waals surface area contributed by atoms with Gasteiger partial charge in [-0.1, -0.05) is 36.4 Å². The topological polar surface area (TPSA) is 0 Å². The van der Waals surface area contributed by atoms with Crippen LogP contribution in [0.2, 0.25) is 0 Å². The monoisotopic (exact) mass is 194 g/mol.